The smallest absolute Gasteiger partial charge is 0.143 e. The van der Waals surface area contributed by atoms with Gasteiger partial charge in [-0.2, -0.15) is 0 Å². The summed E-state index contributed by atoms with van der Waals surface area (Å²) < 4.78 is 5.34. The third-order valence-corrected chi connectivity index (χ3v) is 4.74. The van der Waals surface area contributed by atoms with Crippen molar-refractivity contribution in [3.63, 3.8) is 0 Å². The fourth-order valence-electron chi connectivity index (χ4n) is 3.26. The van der Waals surface area contributed by atoms with Crippen molar-refractivity contribution in [3.8, 4) is 0 Å². The van der Waals surface area contributed by atoms with Crippen LogP contribution in [0.3, 0.4) is 0 Å². The lowest BCUT2D eigenvalue weighted by Gasteiger charge is -2.40. The zero-order chi connectivity index (χ0) is 12.3. The highest BCUT2D eigenvalue weighted by molar-refractivity contribution is 5.87. The number of hydrogen-bond acceptors (Lipinski definition) is 3. The molecule has 0 aromatic heterocycles. The SMILES string of the molecule is CC1CCC(CN)(C(=O)C2CCOCC2)CC1. The molecule has 98 valence electrons. The summed E-state index contributed by atoms with van der Waals surface area (Å²) in [5, 5.41) is 0. The van der Waals surface area contributed by atoms with E-state index in [1.54, 1.807) is 0 Å². The van der Waals surface area contributed by atoms with E-state index < -0.39 is 0 Å². The molecule has 2 rings (SSSR count). The standard InChI is InChI=1S/C14H25NO2/c1-11-2-6-14(10-15,7-3-11)13(16)12-4-8-17-9-5-12/h11-12H,2-10,15H2,1H3. The molecule has 0 radical (unpaired) electrons. The molecule has 0 amide bonds. The van der Waals surface area contributed by atoms with Gasteiger partial charge in [0.15, 0.2) is 0 Å². The van der Waals surface area contributed by atoms with E-state index in [9.17, 15) is 4.79 Å². The number of rotatable bonds is 3. The van der Waals surface area contributed by atoms with E-state index in [0.29, 0.717) is 12.3 Å². The molecule has 2 fully saturated rings. The number of hydrogen-bond donors (Lipinski definition) is 1. The summed E-state index contributed by atoms with van der Waals surface area (Å²) >= 11 is 0. The van der Waals surface area contributed by atoms with Crippen LogP contribution >= 0.6 is 0 Å². The topological polar surface area (TPSA) is 52.3 Å². The van der Waals surface area contributed by atoms with E-state index in [1.165, 1.54) is 0 Å². The molecule has 1 aliphatic carbocycles. The minimum absolute atomic E-state index is 0.200. The van der Waals surface area contributed by atoms with Crippen LogP contribution in [0.2, 0.25) is 0 Å². The predicted molar refractivity (Wildman–Crippen MR) is 67.7 cm³/mol. The summed E-state index contributed by atoms with van der Waals surface area (Å²) in [6, 6.07) is 0. The van der Waals surface area contributed by atoms with Gasteiger partial charge in [-0.25, -0.2) is 0 Å². The molecule has 1 saturated carbocycles. The zero-order valence-corrected chi connectivity index (χ0v) is 10.9. The van der Waals surface area contributed by atoms with Crippen LogP contribution in [0.25, 0.3) is 0 Å². The van der Waals surface area contributed by atoms with Crippen LogP contribution in [0.5, 0.6) is 0 Å². The lowest BCUT2D eigenvalue weighted by atomic mass is 9.65. The third kappa shape index (κ3) is 2.71. The Balaban J connectivity index is 2.03. The van der Waals surface area contributed by atoms with Crippen molar-refractivity contribution in [2.24, 2.45) is 23.0 Å². The van der Waals surface area contributed by atoms with Crippen LogP contribution < -0.4 is 5.73 Å². The van der Waals surface area contributed by atoms with Crippen molar-refractivity contribution >= 4 is 5.78 Å². The monoisotopic (exact) mass is 239 g/mol. The first kappa shape index (κ1) is 13.0. The molecule has 0 aromatic carbocycles. The van der Waals surface area contributed by atoms with Gasteiger partial charge in [-0.15, -0.1) is 0 Å². The Morgan fingerprint density at radius 3 is 2.35 bits per heavy atom. The van der Waals surface area contributed by atoms with Gasteiger partial charge >= 0.3 is 0 Å². The Kier molecular flexibility index (Phi) is 4.21. The molecule has 2 N–H and O–H groups in total. The van der Waals surface area contributed by atoms with Gasteiger partial charge in [0.2, 0.25) is 0 Å². The molecule has 0 atom stereocenters. The summed E-state index contributed by atoms with van der Waals surface area (Å²) in [5.41, 5.74) is 5.74. The second-order valence-electron chi connectivity index (χ2n) is 5.92. The molecular weight excluding hydrogens is 214 g/mol. The van der Waals surface area contributed by atoms with Gasteiger partial charge in [-0.05, 0) is 44.4 Å². The maximum Gasteiger partial charge on any atom is 0.143 e. The van der Waals surface area contributed by atoms with Gasteiger partial charge in [0.1, 0.15) is 5.78 Å². The Morgan fingerprint density at radius 2 is 1.82 bits per heavy atom. The van der Waals surface area contributed by atoms with Crippen LogP contribution in [0.1, 0.15) is 45.4 Å². The number of ether oxygens (including phenoxy) is 1. The van der Waals surface area contributed by atoms with Gasteiger partial charge in [-0.3, -0.25) is 4.79 Å². The highest BCUT2D eigenvalue weighted by Gasteiger charge is 2.42. The first-order valence-electron chi connectivity index (χ1n) is 7.00. The molecule has 1 saturated heterocycles. The van der Waals surface area contributed by atoms with Crippen molar-refractivity contribution < 1.29 is 9.53 Å². The Bertz CT molecular complexity index is 263. The average Bonchev–Trinajstić information content (AvgIpc) is 2.40. The van der Waals surface area contributed by atoms with E-state index in [1.807, 2.05) is 0 Å². The number of carbonyl (C=O) groups excluding carboxylic acids is 1. The maximum absolute atomic E-state index is 12.7. The average molecular weight is 239 g/mol. The molecule has 0 bridgehead atoms. The quantitative estimate of drug-likeness (QED) is 0.821. The molecule has 17 heavy (non-hydrogen) atoms. The summed E-state index contributed by atoms with van der Waals surface area (Å²) in [6.45, 7) is 4.30. The highest BCUT2D eigenvalue weighted by Crippen LogP contribution is 2.41. The Morgan fingerprint density at radius 1 is 1.24 bits per heavy atom. The minimum Gasteiger partial charge on any atom is -0.381 e. The van der Waals surface area contributed by atoms with E-state index >= 15 is 0 Å². The molecule has 1 heterocycles. The fraction of sp³-hybridized carbons (Fsp3) is 0.929. The largest absolute Gasteiger partial charge is 0.381 e. The summed E-state index contributed by atoms with van der Waals surface area (Å²) in [6.07, 6.45) is 6.12. The van der Waals surface area contributed by atoms with E-state index in [-0.39, 0.29) is 11.3 Å². The summed E-state index contributed by atoms with van der Waals surface area (Å²) in [4.78, 5) is 12.7. The fourth-order valence-corrected chi connectivity index (χ4v) is 3.26. The van der Waals surface area contributed by atoms with Gasteiger partial charge in [0.25, 0.3) is 0 Å². The zero-order valence-electron chi connectivity index (χ0n) is 10.9. The van der Waals surface area contributed by atoms with Crippen LogP contribution in [-0.2, 0) is 9.53 Å². The molecule has 1 aliphatic heterocycles. The Hall–Kier alpha value is -0.410. The number of ketones is 1. The number of nitrogens with two attached hydrogens (primary N) is 1. The normalized spacial score (nSPS) is 35.8. The highest BCUT2D eigenvalue weighted by atomic mass is 16.5. The van der Waals surface area contributed by atoms with Gasteiger partial charge in [0, 0.05) is 31.1 Å². The van der Waals surface area contributed by atoms with E-state index in [2.05, 4.69) is 6.92 Å². The third-order valence-electron chi connectivity index (χ3n) is 4.74. The number of carbonyl (C=O) groups is 1. The lowest BCUT2D eigenvalue weighted by molar-refractivity contribution is -0.137. The molecule has 0 spiro atoms. The van der Waals surface area contributed by atoms with Crippen LogP contribution in [0.15, 0.2) is 0 Å². The van der Waals surface area contributed by atoms with Crippen LogP contribution in [-0.4, -0.2) is 25.5 Å². The molecule has 0 aromatic rings. The van der Waals surface area contributed by atoms with E-state index in [4.69, 9.17) is 10.5 Å². The molecule has 3 nitrogen and oxygen atoms in total. The molecule has 3 heteroatoms. The van der Waals surface area contributed by atoms with Crippen molar-refractivity contribution in [3.05, 3.63) is 0 Å². The second kappa shape index (κ2) is 5.49. The van der Waals surface area contributed by atoms with Gasteiger partial charge in [0.05, 0.1) is 0 Å². The lowest BCUT2D eigenvalue weighted by Crippen LogP contribution is -2.45. The van der Waals surface area contributed by atoms with Crippen molar-refractivity contribution in [1.29, 1.82) is 0 Å². The van der Waals surface area contributed by atoms with E-state index in [0.717, 1.165) is 57.7 Å². The van der Waals surface area contributed by atoms with Crippen LogP contribution in [0.4, 0.5) is 0 Å². The van der Waals surface area contributed by atoms with Crippen molar-refractivity contribution in [2.75, 3.05) is 19.8 Å². The summed E-state index contributed by atoms with van der Waals surface area (Å²) in [5.74, 6) is 1.41. The molecular formula is C14H25NO2. The van der Waals surface area contributed by atoms with Crippen molar-refractivity contribution in [2.45, 2.75) is 45.4 Å². The van der Waals surface area contributed by atoms with Crippen molar-refractivity contribution in [1.82, 2.24) is 0 Å². The van der Waals surface area contributed by atoms with Gasteiger partial charge < -0.3 is 10.5 Å². The first-order valence-corrected chi connectivity index (χ1v) is 7.00. The Labute approximate surface area is 104 Å². The summed E-state index contributed by atoms with van der Waals surface area (Å²) in [7, 11) is 0. The first-order chi connectivity index (χ1) is 8.18. The van der Waals surface area contributed by atoms with Gasteiger partial charge in [-0.1, -0.05) is 6.92 Å². The molecule has 2 aliphatic rings. The minimum atomic E-state index is -0.200. The maximum atomic E-state index is 12.7. The second-order valence-corrected chi connectivity index (χ2v) is 5.92. The number of Topliss-reactive ketones (excluding diaryl/α,β-unsaturated/α-hetero) is 1. The predicted octanol–water partition coefficient (Wildman–Crippen LogP) is 2.14. The van der Waals surface area contributed by atoms with Crippen LogP contribution in [0, 0.1) is 17.3 Å². The molecule has 0 unspecified atom stereocenters.